The van der Waals surface area contributed by atoms with E-state index in [1.807, 2.05) is 12.1 Å². The van der Waals surface area contributed by atoms with Crippen molar-refractivity contribution < 1.29 is 16.9 Å². The molecule has 1 nitrogen and oxygen atoms in total. The number of allylic oxidation sites excluding steroid dienone is 1. The van der Waals surface area contributed by atoms with Crippen LogP contribution in [0.25, 0.3) is 0 Å². The molecule has 0 aliphatic rings. The molecule has 0 aliphatic carbocycles. The first-order valence-corrected chi connectivity index (χ1v) is 9.78. The highest BCUT2D eigenvalue weighted by Crippen LogP contribution is 2.16. The third kappa shape index (κ3) is 8.55. The van der Waals surface area contributed by atoms with Gasteiger partial charge in [0.15, 0.2) is 0 Å². The number of likely N-dealkylation sites (N-methyl/N-ethyl adjacent to an activating group) is 1. The maximum atomic E-state index is 6.22. The molecule has 0 heterocycles. The van der Waals surface area contributed by atoms with Gasteiger partial charge in [-0.15, -0.1) is 0 Å². The van der Waals surface area contributed by atoms with Gasteiger partial charge >= 0.3 is 0 Å². The van der Waals surface area contributed by atoms with Crippen LogP contribution in [0.5, 0.6) is 0 Å². The Hall–Kier alpha value is -0.500. The van der Waals surface area contributed by atoms with Crippen molar-refractivity contribution in [2.45, 2.75) is 59.3 Å². The summed E-state index contributed by atoms with van der Waals surface area (Å²) in [5.41, 5.74) is 1.22. The van der Waals surface area contributed by atoms with E-state index < -0.39 is 0 Å². The van der Waals surface area contributed by atoms with E-state index in [9.17, 15) is 0 Å². The predicted octanol–water partition coefficient (Wildman–Crippen LogP) is 3.27. The van der Waals surface area contributed by atoms with Crippen molar-refractivity contribution in [3.05, 3.63) is 47.0 Å². The standard InChI is InChI=1S/C21H35ClN.ClH/c1-4-7-8-9-13-18-23(5-2,6-3)19-14-12-16-20-15-10-11-17-21(20)22;/h10-12,14-15,17H,4-9,13,16,18-19H2,1-3H3;1H/q+1;/p-1/b14-12-;. The van der Waals surface area contributed by atoms with Crippen molar-refractivity contribution in [2.75, 3.05) is 26.2 Å². The molecule has 0 amide bonds. The van der Waals surface area contributed by atoms with E-state index in [2.05, 4.69) is 45.1 Å². The largest absolute Gasteiger partial charge is 1.00 e. The number of rotatable bonds is 12. The molecule has 24 heavy (non-hydrogen) atoms. The number of nitrogens with zero attached hydrogens (tertiary/aromatic N) is 1. The molecule has 0 atom stereocenters. The first-order valence-electron chi connectivity index (χ1n) is 9.41. The topological polar surface area (TPSA) is 0 Å². The Bertz CT molecular complexity index is 453. The zero-order chi connectivity index (χ0) is 17.0. The quantitative estimate of drug-likeness (QED) is 0.300. The van der Waals surface area contributed by atoms with Crippen LogP contribution in [0.3, 0.4) is 0 Å². The maximum Gasteiger partial charge on any atom is 0.0973 e. The summed E-state index contributed by atoms with van der Waals surface area (Å²) in [6.45, 7) is 11.8. The lowest BCUT2D eigenvalue weighted by Crippen LogP contribution is -3.00. The monoisotopic (exact) mass is 371 g/mol. The zero-order valence-corrected chi connectivity index (χ0v) is 17.3. The highest BCUT2D eigenvalue weighted by atomic mass is 35.5. The molecular formula is C21H35Cl2N. The van der Waals surface area contributed by atoms with Crippen molar-refractivity contribution in [1.82, 2.24) is 0 Å². The van der Waals surface area contributed by atoms with Crippen LogP contribution >= 0.6 is 11.6 Å². The van der Waals surface area contributed by atoms with Crippen LogP contribution < -0.4 is 12.4 Å². The molecule has 0 saturated carbocycles. The number of halogens is 2. The number of unbranched alkanes of at least 4 members (excludes halogenated alkanes) is 4. The van der Waals surface area contributed by atoms with Crippen LogP contribution in [0.4, 0.5) is 0 Å². The van der Waals surface area contributed by atoms with E-state index >= 15 is 0 Å². The summed E-state index contributed by atoms with van der Waals surface area (Å²) in [4.78, 5) is 0. The minimum Gasteiger partial charge on any atom is -1.00 e. The van der Waals surface area contributed by atoms with E-state index in [-0.39, 0.29) is 12.4 Å². The molecule has 1 rings (SSSR count). The molecule has 0 radical (unpaired) electrons. The van der Waals surface area contributed by atoms with Crippen molar-refractivity contribution in [3.8, 4) is 0 Å². The lowest BCUT2D eigenvalue weighted by Gasteiger charge is -2.36. The van der Waals surface area contributed by atoms with Gasteiger partial charge in [-0.25, -0.2) is 0 Å². The van der Waals surface area contributed by atoms with E-state index in [0.717, 1.165) is 18.0 Å². The van der Waals surface area contributed by atoms with Crippen LogP contribution in [0, 0.1) is 0 Å². The minimum atomic E-state index is 0. The Morgan fingerprint density at radius 3 is 2.21 bits per heavy atom. The molecule has 0 aliphatic heterocycles. The van der Waals surface area contributed by atoms with Gasteiger partial charge < -0.3 is 16.9 Å². The fourth-order valence-corrected chi connectivity index (χ4v) is 3.33. The fourth-order valence-electron chi connectivity index (χ4n) is 3.11. The van der Waals surface area contributed by atoms with Gasteiger partial charge in [-0.2, -0.15) is 0 Å². The second-order valence-corrected chi connectivity index (χ2v) is 6.97. The van der Waals surface area contributed by atoms with Gasteiger partial charge in [0, 0.05) is 5.02 Å². The summed E-state index contributed by atoms with van der Waals surface area (Å²) in [6, 6.07) is 8.13. The average Bonchev–Trinajstić information content (AvgIpc) is 2.58. The normalized spacial score (nSPS) is 11.7. The van der Waals surface area contributed by atoms with Crippen LogP contribution in [0.2, 0.25) is 5.02 Å². The number of benzene rings is 1. The molecule has 0 bridgehead atoms. The van der Waals surface area contributed by atoms with Gasteiger partial charge in [0.1, 0.15) is 0 Å². The van der Waals surface area contributed by atoms with Crippen molar-refractivity contribution in [1.29, 1.82) is 0 Å². The molecule has 1 aromatic rings. The molecule has 0 saturated heterocycles. The van der Waals surface area contributed by atoms with Crippen molar-refractivity contribution in [3.63, 3.8) is 0 Å². The van der Waals surface area contributed by atoms with Gasteiger partial charge in [0.05, 0.1) is 26.2 Å². The lowest BCUT2D eigenvalue weighted by atomic mass is 10.1. The Balaban J connectivity index is 0.00000529. The third-order valence-electron chi connectivity index (χ3n) is 5.03. The molecular weight excluding hydrogens is 337 g/mol. The molecule has 3 heteroatoms. The second-order valence-electron chi connectivity index (χ2n) is 6.56. The summed E-state index contributed by atoms with van der Waals surface area (Å²) in [7, 11) is 0. The molecule has 0 aromatic heterocycles. The highest BCUT2D eigenvalue weighted by molar-refractivity contribution is 6.31. The first-order chi connectivity index (χ1) is 11.2. The summed E-state index contributed by atoms with van der Waals surface area (Å²) in [5, 5.41) is 0.875. The van der Waals surface area contributed by atoms with Crippen molar-refractivity contribution in [2.24, 2.45) is 0 Å². The zero-order valence-electron chi connectivity index (χ0n) is 15.7. The summed E-state index contributed by atoms with van der Waals surface area (Å²) < 4.78 is 1.21. The average molecular weight is 372 g/mol. The summed E-state index contributed by atoms with van der Waals surface area (Å²) >= 11 is 6.22. The van der Waals surface area contributed by atoms with E-state index in [1.165, 1.54) is 61.8 Å². The Labute approximate surface area is 161 Å². The number of hydrogen-bond acceptors (Lipinski definition) is 0. The molecule has 1 aromatic carbocycles. The van der Waals surface area contributed by atoms with Gasteiger partial charge in [0.25, 0.3) is 0 Å². The van der Waals surface area contributed by atoms with Crippen LogP contribution in [-0.4, -0.2) is 30.7 Å². The van der Waals surface area contributed by atoms with Gasteiger partial charge in [-0.3, -0.25) is 0 Å². The van der Waals surface area contributed by atoms with E-state index in [0.29, 0.717) is 0 Å². The van der Waals surface area contributed by atoms with Gasteiger partial charge in [-0.1, -0.05) is 62.1 Å². The summed E-state index contributed by atoms with van der Waals surface area (Å²) in [5.74, 6) is 0. The highest BCUT2D eigenvalue weighted by Gasteiger charge is 2.20. The Morgan fingerprint density at radius 1 is 0.917 bits per heavy atom. The minimum absolute atomic E-state index is 0. The van der Waals surface area contributed by atoms with E-state index in [1.54, 1.807) is 0 Å². The Morgan fingerprint density at radius 2 is 1.58 bits per heavy atom. The molecule has 0 spiro atoms. The SMILES string of the molecule is CCCCCCC[N+](CC)(CC)C/C=C\Cc1ccccc1Cl.[Cl-]. The van der Waals surface area contributed by atoms with Crippen molar-refractivity contribution >= 4 is 11.6 Å². The van der Waals surface area contributed by atoms with Crippen LogP contribution in [-0.2, 0) is 6.42 Å². The number of quaternary nitrogens is 1. The van der Waals surface area contributed by atoms with Gasteiger partial charge in [0.2, 0.25) is 0 Å². The fraction of sp³-hybridized carbons (Fsp3) is 0.619. The first kappa shape index (κ1) is 23.5. The predicted molar refractivity (Wildman–Crippen MR) is 104 cm³/mol. The molecule has 0 fully saturated rings. The number of hydrogen-bond donors (Lipinski definition) is 0. The lowest BCUT2D eigenvalue weighted by molar-refractivity contribution is -0.919. The molecule has 0 unspecified atom stereocenters. The van der Waals surface area contributed by atoms with Gasteiger partial charge in [-0.05, 0) is 50.8 Å². The van der Waals surface area contributed by atoms with Crippen LogP contribution in [0.1, 0.15) is 58.4 Å². The third-order valence-corrected chi connectivity index (χ3v) is 5.40. The summed E-state index contributed by atoms with van der Waals surface area (Å²) in [6.07, 6.45) is 12.4. The maximum absolute atomic E-state index is 6.22. The molecule has 0 N–H and O–H groups in total. The van der Waals surface area contributed by atoms with Crippen LogP contribution in [0.15, 0.2) is 36.4 Å². The van der Waals surface area contributed by atoms with E-state index in [4.69, 9.17) is 11.6 Å². The smallest absolute Gasteiger partial charge is 0.0973 e. The Kier molecular flexibility index (Phi) is 13.5. The molecule has 138 valence electrons. The second kappa shape index (κ2) is 13.8.